The summed E-state index contributed by atoms with van der Waals surface area (Å²) in [6, 6.07) is 13.3. The van der Waals surface area contributed by atoms with Gasteiger partial charge in [0.1, 0.15) is 5.75 Å². The molecule has 0 saturated heterocycles. The highest BCUT2D eigenvalue weighted by molar-refractivity contribution is 5.46. The molecule has 21 heavy (non-hydrogen) atoms. The van der Waals surface area contributed by atoms with Gasteiger partial charge in [0.05, 0.1) is 19.3 Å². The van der Waals surface area contributed by atoms with Crippen LogP contribution < -0.4 is 10.1 Å². The van der Waals surface area contributed by atoms with E-state index < -0.39 is 6.10 Å². The van der Waals surface area contributed by atoms with E-state index in [9.17, 15) is 5.11 Å². The average molecular weight is 288 g/mol. The number of anilines is 1. The van der Waals surface area contributed by atoms with Crippen LogP contribution in [0.15, 0.2) is 48.7 Å². The number of pyridine rings is 1. The Kier molecular flexibility index (Phi) is 5.99. The molecule has 3 N–H and O–H groups in total. The van der Waals surface area contributed by atoms with Crippen molar-refractivity contribution in [3.8, 4) is 5.75 Å². The van der Waals surface area contributed by atoms with Crippen molar-refractivity contribution in [2.24, 2.45) is 0 Å². The van der Waals surface area contributed by atoms with Crippen LogP contribution in [0, 0.1) is 0 Å². The Labute approximate surface area is 124 Å². The molecule has 0 radical (unpaired) electrons. The molecule has 1 heterocycles. The Morgan fingerprint density at radius 2 is 1.95 bits per heavy atom. The van der Waals surface area contributed by atoms with Crippen LogP contribution in [-0.4, -0.2) is 41.1 Å². The molecule has 0 aliphatic carbocycles. The number of aliphatic hydroxyl groups excluding tert-OH is 2. The molecule has 2 aromatic rings. The van der Waals surface area contributed by atoms with Gasteiger partial charge in [0, 0.05) is 30.5 Å². The molecule has 5 heteroatoms. The summed E-state index contributed by atoms with van der Waals surface area (Å²) in [7, 11) is 0. The normalized spacial score (nSPS) is 11.9. The number of nitrogens with one attached hydrogen (secondary N) is 1. The van der Waals surface area contributed by atoms with Gasteiger partial charge < -0.3 is 20.3 Å². The second-order valence-corrected chi connectivity index (χ2v) is 4.66. The van der Waals surface area contributed by atoms with Crippen molar-refractivity contribution >= 4 is 5.69 Å². The van der Waals surface area contributed by atoms with E-state index in [1.165, 1.54) is 0 Å². The molecule has 1 atom stereocenters. The molecule has 0 aliphatic rings. The Morgan fingerprint density at radius 1 is 1.14 bits per heavy atom. The van der Waals surface area contributed by atoms with Crippen molar-refractivity contribution in [2.75, 3.05) is 25.1 Å². The van der Waals surface area contributed by atoms with Crippen LogP contribution in [0.3, 0.4) is 0 Å². The van der Waals surface area contributed by atoms with E-state index in [1.807, 2.05) is 42.5 Å². The van der Waals surface area contributed by atoms with Gasteiger partial charge in [-0.3, -0.25) is 4.98 Å². The van der Waals surface area contributed by atoms with Crippen molar-refractivity contribution in [1.82, 2.24) is 4.98 Å². The summed E-state index contributed by atoms with van der Waals surface area (Å²) in [6.07, 6.45) is 1.79. The molecule has 0 fully saturated rings. The van der Waals surface area contributed by atoms with Crippen LogP contribution in [0.2, 0.25) is 0 Å². The third-order valence-electron chi connectivity index (χ3n) is 2.96. The number of rotatable bonds is 8. The molecule has 0 aliphatic heterocycles. The Bertz CT molecular complexity index is 517. The van der Waals surface area contributed by atoms with Crippen LogP contribution in [0.5, 0.6) is 5.75 Å². The maximum atomic E-state index is 9.26. The van der Waals surface area contributed by atoms with E-state index in [0.29, 0.717) is 13.2 Å². The van der Waals surface area contributed by atoms with E-state index in [0.717, 1.165) is 23.6 Å². The lowest BCUT2D eigenvalue weighted by molar-refractivity contribution is 0.105. The largest absolute Gasteiger partial charge is 0.493 e. The van der Waals surface area contributed by atoms with Crippen molar-refractivity contribution in [3.63, 3.8) is 0 Å². The van der Waals surface area contributed by atoms with Gasteiger partial charge in [-0.2, -0.15) is 0 Å². The van der Waals surface area contributed by atoms with Gasteiger partial charge >= 0.3 is 0 Å². The van der Waals surface area contributed by atoms with Gasteiger partial charge in [-0.15, -0.1) is 0 Å². The second-order valence-electron chi connectivity index (χ2n) is 4.66. The van der Waals surface area contributed by atoms with Crippen LogP contribution in [0.4, 0.5) is 5.69 Å². The number of ether oxygens (including phenoxy) is 1. The van der Waals surface area contributed by atoms with Gasteiger partial charge in [0.2, 0.25) is 0 Å². The third-order valence-corrected chi connectivity index (χ3v) is 2.96. The summed E-state index contributed by atoms with van der Waals surface area (Å²) in [6.45, 7) is 0.644. The minimum Gasteiger partial charge on any atom is -0.493 e. The fourth-order valence-corrected chi connectivity index (χ4v) is 1.79. The van der Waals surface area contributed by atoms with Crippen molar-refractivity contribution in [3.05, 3.63) is 54.4 Å². The SMILES string of the molecule is OCC(O)CNc1ccc(OCCc2ccccn2)cc1. The highest BCUT2D eigenvalue weighted by atomic mass is 16.5. The first-order chi connectivity index (χ1) is 10.3. The molecular weight excluding hydrogens is 268 g/mol. The highest BCUT2D eigenvalue weighted by Gasteiger charge is 2.01. The number of nitrogens with zero attached hydrogens (tertiary/aromatic N) is 1. The number of aliphatic hydroxyl groups is 2. The van der Waals surface area contributed by atoms with E-state index >= 15 is 0 Å². The van der Waals surface area contributed by atoms with Crippen LogP contribution in [0.25, 0.3) is 0 Å². The molecule has 0 amide bonds. The fraction of sp³-hybridized carbons (Fsp3) is 0.312. The number of hydrogen-bond donors (Lipinski definition) is 3. The zero-order valence-corrected chi connectivity index (χ0v) is 11.8. The Balaban J connectivity index is 1.74. The molecule has 1 aromatic heterocycles. The predicted molar refractivity (Wildman–Crippen MR) is 81.5 cm³/mol. The lowest BCUT2D eigenvalue weighted by Gasteiger charge is -2.11. The van der Waals surface area contributed by atoms with Gasteiger partial charge in [-0.05, 0) is 36.4 Å². The van der Waals surface area contributed by atoms with E-state index in [-0.39, 0.29) is 6.61 Å². The lowest BCUT2D eigenvalue weighted by atomic mass is 10.2. The molecule has 5 nitrogen and oxygen atoms in total. The van der Waals surface area contributed by atoms with Gasteiger partial charge in [0.15, 0.2) is 0 Å². The smallest absolute Gasteiger partial charge is 0.119 e. The highest BCUT2D eigenvalue weighted by Crippen LogP contribution is 2.15. The Morgan fingerprint density at radius 3 is 2.62 bits per heavy atom. The van der Waals surface area contributed by atoms with Gasteiger partial charge in [-0.25, -0.2) is 0 Å². The zero-order chi connectivity index (χ0) is 14.9. The summed E-state index contributed by atoms with van der Waals surface area (Å²) in [5, 5.41) is 21.0. The zero-order valence-electron chi connectivity index (χ0n) is 11.8. The number of benzene rings is 1. The van der Waals surface area contributed by atoms with Crippen LogP contribution in [0.1, 0.15) is 5.69 Å². The average Bonchev–Trinajstić information content (AvgIpc) is 2.55. The van der Waals surface area contributed by atoms with Crippen molar-refractivity contribution < 1.29 is 14.9 Å². The summed E-state index contributed by atoms with van der Waals surface area (Å²) in [5.74, 6) is 0.791. The number of aromatic nitrogens is 1. The van der Waals surface area contributed by atoms with Crippen molar-refractivity contribution in [2.45, 2.75) is 12.5 Å². The van der Waals surface area contributed by atoms with Gasteiger partial charge in [-0.1, -0.05) is 6.07 Å². The molecule has 1 unspecified atom stereocenters. The Hall–Kier alpha value is -2.11. The maximum Gasteiger partial charge on any atom is 0.119 e. The molecule has 0 bridgehead atoms. The predicted octanol–water partition coefficient (Wildman–Crippen LogP) is 1.47. The maximum absolute atomic E-state index is 9.26. The first-order valence-electron chi connectivity index (χ1n) is 6.93. The van der Waals surface area contributed by atoms with Crippen molar-refractivity contribution in [1.29, 1.82) is 0 Å². The first-order valence-corrected chi connectivity index (χ1v) is 6.93. The topological polar surface area (TPSA) is 74.6 Å². The van der Waals surface area contributed by atoms with E-state index in [1.54, 1.807) is 6.20 Å². The monoisotopic (exact) mass is 288 g/mol. The molecule has 2 rings (SSSR count). The standard InChI is InChI=1S/C16H20N2O3/c19-12-15(20)11-18-14-4-6-16(7-5-14)21-10-8-13-3-1-2-9-17-13/h1-7,9,15,18-20H,8,10-12H2. The van der Waals surface area contributed by atoms with Gasteiger partial charge in [0.25, 0.3) is 0 Å². The first kappa shape index (κ1) is 15.3. The van der Waals surface area contributed by atoms with Crippen LogP contribution >= 0.6 is 0 Å². The minimum atomic E-state index is -0.751. The second kappa shape index (κ2) is 8.24. The molecular formula is C16H20N2O3. The fourth-order valence-electron chi connectivity index (χ4n) is 1.79. The quantitative estimate of drug-likeness (QED) is 0.686. The lowest BCUT2D eigenvalue weighted by Crippen LogP contribution is -2.22. The molecule has 0 spiro atoms. The summed E-state index contributed by atoms with van der Waals surface area (Å²) in [4.78, 5) is 4.24. The summed E-state index contributed by atoms with van der Waals surface area (Å²) >= 11 is 0. The molecule has 0 saturated carbocycles. The summed E-state index contributed by atoms with van der Waals surface area (Å²) < 4.78 is 5.65. The molecule has 112 valence electrons. The molecule has 1 aromatic carbocycles. The third kappa shape index (κ3) is 5.41. The summed E-state index contributed by atoms with van der Waals surface area (Å²) in [5.41, 5.74) is 1.88. The number of hydrogen-bond acceptors (Lipinski definition) is 5. The van der Waals surface area contributed by atoms with Crippen LogP contribution in [-0.2, 0) is 6.42 Å². The van der Waals surface area contributed by atoms with E-state index in [2.05, 4.69) is 10.3 Å². The van der Waals surface area contributed by atoms with E-state index in [4.69, 9.17) is 9.84 Å². The minimum absolute atomic E-state index is 0.248.